The highest BCUT2D eigenvalue weighted by Crippen LogP contribution is 2.15. The topological polar surface area (TPSA) is 68.4 Å². The van der Waals surface area contributed by atoms with Crippen LogP contribution in [0.1, 0.15) is 29.7 Å². The highest BCUT2D eigenvalue weighted by Gasteiger charge is 2.15. The van der Waals surface area contributed by atoms with Crippen molar-refractivity contribution in [2.45, 2.75) is 26.4 Å². The van der Waals surface area contributed by atoms with Crippen LogP contribution < -0.4 is 10.9 Å². The maximum atomic E-state index is 12.5. The van der Waals surface area contributed by atoms with Gasteiger partial charge in [-0.25, -0.2) is 0 Å². The van der Waals surface area contributed by atoms with Crippen molar-refractivity contribution in [2.75, 3.05) is 13.2 Å². The quantitative estimate of drug-likeness (QED) is 0.559. The molecule has 1 unspecified atom stereocenters. The predicted octanol–water partition coefficient (Wildman–Crippen LogP) is 3.27. The number of nitrogens with one attached hydrogen (secondary N) is 2. The second-order valence-corrected chi connectivity index (χ2v) is 7.33. The maximum absolute atomic E-state index is 12.5. The largest absolute Gasteiger partial charge is 0.395 e. The van der Waals surface area contributed by atoms with Crippen LogP contribution in [0.5, 0.6) is 0 Å². The monoisotopic (exact) mass is 395 g/mol. The van der Waals surface area contributed by atoms with Crippen LogP contribution in [0.25, 0.3) is 10.9 Å². The lowest BCUT2D eigenvalue weighted by atomic mass is 10.1. The van der Waals surface area contributed by atoms with Gasteiger partial charge in [-0.3, -0.25) is 4.79 Å². The molecule has 0 aliphatic carbocycles. The summed E-state index contributed by atoms with van der Waals surface area (Å²) in [5.74, 6) is 0. The number of nitrogens with zero attached hydrogens (tertiary/aromatic N) is 1. The van der Waals surface area contributed by atoms with Crippen molar-refractivity contribution < 1.29 is 5.11 Å². The minimum Gasteiger partial charge on any atom is -0.395 e. The van der Waals surface area contributed by atoms with E-state index in [-0.39, 0.29) is 18.2 Å². The summed E-state index contributed by atoms with van der Waals surface area (Å²) in [4.78, 5) is 17.3. The van der Waals surface area contributed by atoms with Crippen LogP contribution in [0.2, 0.25) is 0 Å². The number of thiocarbonyl (C=S) groups is 1. The number of H-pyrrole nitrogens is 1. The number of aryl methyl sites for hydroxylation is 1. The summed E-state index contributed by atoms with van der Waals surface area (Å²) >= 11 is 5.57. The van der Waals surface area contributed by atoms with Crippen molar-refractivity contribution in [3.05, 3.63) is 81.6 Å². The molecule has 0 aliphatic rings. The first-order valence-corrected chi connectivity index (χ1v) is 9.72. The molecule has 5 nitrogen and oxygen atoms in total. The van der Waals surface area contributed by atoms with Crippen LogP contribution >= 0.6 is 12.2 Å². The normalized spacial score (nSPS) is 12.0. The molecule has 3 rings (SSSR count). The Hall–Kier alpha value is -2.70. The summed E-state index contributed by atoms with van der Waals surface area (Å²) in [6, 6.07) is 17.9. The van der Waals surface area contributed by atoms with Crippen LogP contribution in [-0.4, -0.2) is 33.3 Å². The first-order valence-electron chi connectivity index (χ1n) is 9.31. The molecule has 1 aromatic heterocycles. The van der Waals surface area contributed by atoms with Gasteiger partial charge in [-0.05, 0) is 55.2 Å². The van der Waals surface area contributed by atoms with Gasteiger partial charge in [0, 0.05) is 17.6 Å². The fourth-order valence-corrected chi connectivity index (χ4v) is 3.50. The van der Waals surface area contributed by atoms with Crippen LogP contribution in [0, 0.1) is 6.92 Å². The average Bonchev–Trinajstić information content (AvgIpc) is 2.69. The highest BCUT2D eigenvalue weighted by molar-refractivity contribution is 7.80. The first-order chi connectivity index (χ1) is 13.5. The lowest BCUT2D eigenvalue weighted by molar-refractivity contribution is 0.244. The van der Waals surface area contributed by atoms with Crippen LogP contribution in [-0.2, 0) is 6.54 Å². The Morgan fingerprint density at radius 3 is 2.68 bits per heavy atom. The molecule has 0 saturated heterocycles. The van der Waals surface area contributed by atoms with E-state index in [1.807, 2.05) is 73.3 Å². The molecule has 0 radical (unpaired) electrons. The number of rotatable bonds is 6. The molecule has 0 amide bonds. The molecule has 1 atom stereocenters. The molecule has 3 aromatic rings. The Labute approximate surface area is 170 Å². The molecule has 0 aliphatic heterocycles. The van der Waals surface area contributed by atoms with Crippen LogP contribution in [0.15, 0.2) is 59.4 Å². The number of fused-ring (bicyclic) bond motifs is 1. The number of hydrogen-bond acceptors (Lipinski definition) is 3. The number of hydrogen-bond donors (Lipinski definition) is 3. The lowest BCUT2D eigenvalue weighted by Gasteiger charge is -2.27. The SMILES string of the molecule is Cc1ccc2[nH]c(=O)c(CN(CCO)C(=S)NC(C)c3ccccc3)cc2c1. The molecular formula is C22H25N3O2S. The van der Waals surface area contributed by atoms with Gasteiger partial charge in [-0.1, -0.05) is 42.0 Å². The van der Waals surface area contributed by atoms with Gasteiger partial charge < -0.3 is 20.3 Å². The van der Waals surface area contributed by atoms with E-state index in [2.05, 4.69) is 10.3 Å². The van der Waals surface area contributed by atoms with Gasteiger partial charge >= 0.3 is 0 Å². The molecule has 6 heteroatoms. The zero-order valence-corrected chi connectivity index (χ0v) is 16.9. The minimum absolute atomic E-state index is 0.0208. The van der Waals surface area contributed by atoms with E-state index < -0.39 is 0 Å². The Kier molecular flexibility index (Phi) is 6.44. The van der Waals surface area contributed by atoms with E-state index in [9.17, 15) is 9.90 Å². The molecule has 0 bridgehead atoms. The van der Waals surface area contributed by atoms with Gasteiger partial charge in [-0.2, -0.15) is 0 Å². The molecule has 28 heavy (non-hydrogen) atoms. The number of aliphatic hydroxyl groups is 1. The van der Waals surface area contributed by atoms with Gasteiger partial charge in [0.1, 0.15) is 0 Å². The van der Waals surface area contributed by atoms with Crippen molar-refractivity contribution in [1.29, 1.82) is 0 Å². The van der Waals surface area contributed by atoms with Gasteiger partial charge in [0.05, 0.1) is 19.2 Å². The zero-order valence-electron chi connectivity index (χ0n) is 16.1. The fraction of sp³-hybridized carbons (Fsp3) is 0.273. The summed E-state index contributed by atoms with van der Waals surface area (Å²) in [7, 11) is 0. The van der Waals surface area contributed by atoms with E-state index in [0.29, 0.717) is 23.8 Å². The van der Waals surface area contributed by atoms with Crippen molar-refractivity contribution in [3.63, 3.8) is 0 Å². The van der Waals surface area contributed by atoms with E-state index in [4.69, 9.17) is 12.2 Å². The second kappa shape index (κ2) is 8.99. The van der Waals surface area contributed by atoms with E-state index in [1.54, 1.807) is 0 Å². The molecule has 0 saturated carbocycles. The number of pyridine rings is 1. The first kappa shape index (κ1) is 20.0. The third kappa shape index (κ3) is 4.77. The van der Waals surface area contributed by atoms with Crippen molar-refractivity contribution in [2.24, 2.45) is 0 Å². The average molecular weight is 396 g/mol. The summed E-state index contributed by atoms with van der Waals surface area (Å²) in [5, 5.41) is 14.3. The van der Waals surface area contributed by atoms with Gasteiger partial charge in [0.2, 0.25) is 0 Å². The number of aromatic amines is 1. The molecule has 2 aromatic carbocycles. The fourth-order valence-electron chi connectivity index (χ4n) is 3.17. The maximum Gasteiger partial charge on any atom is 0.253 e. The Bertz CT molecular complexity index is 1020. The summed E-state index contributed by atoms with van der Waals surface area (Å²) in [6.07, 6.45) is 0. The van der Waals surface area contributed by atoms with Crippen LogP contribution in [0.4, 0.5) is 0 Å². The second-order valence-electron chi connectivity index (χ2n) is 6.94. The van der Waals surface area contributed by atoms with E-state index >= 15 is 0 Å². The Balaban J connectivity index is 1.80. The van der Waals surface area contributed by atoms with Crippen molar-refractivity contribution in [1.82, 2.24) is 15.2 Å². The molecular weight excluding hydrogens is 370 g/mol. The smallest absolute Gasteiger partial charge is 0.253 e. The summed E-state index contributed by atoms with van der Waals surface area (Å²) in [5.41, 5.74) is 3.53. The minimum atomic E-state index is -0.141. The summed E-state index contributed by atoms with van der Waals surface area (Å²) in [6.45, 7) is 4.68. The number of benzene rings is 2. The van der Waals surface area contributed by atoms with E-state index in [1.165, 1.54) is 0 Å². The third-order valence-corrected chi connectivity index (χ3v) is 5.11. The molecule has 0 fully saturated rings. The Morgan fingerprint density at radius 2 is 1.96 bits per heavy atom. The van der Waals surface area contributed by atoms with E-state index in [0.717, 1.165) is 22.0 Å². The third-order valence-electron chi connectivity index (χ3n) is 4.73. The van der Waals surface area contributed by atoms with Crippen molar-refractivity contribution >= 4 is 28.2 Å². The van der Waals surface area contributed by atoms with Crippen molar-refractivity contribution in [3.8, 4) is 0 Å². The standard InChI is InChI=1S/C22H25N3O2S/c1-15-8-9-20-18(12-15)13-19(21(27)24-20)14-25(10-11-26)22(28)23-16(2)17-6-4-3-5-7-17/h3-9,12-13,16,26H,10-11,14H2,1-2H3,(H,23,28)(H,24,27). The number of aromatic nitrogens is 1. The zero-order chi connectivity index (χ0) is 20.1. The Morgan fingerprint density at radius 1 is 1.21 bits per heavy atom. The predicted molar refractivity (Wildman–Crippen MR) is 117 cm³/mol. The van der Waals surface area contributed by atoms with Crippen LogP contribution in [0.3, 0.4) is 0 Å². The molecule has 3 N–H and O–H groups in total. The van der Waals surface area contributed by atoms with Gasteiger partial charge in [0.15, 0.2) is 5.11 Å². The highest BCUT2D eigenvalue weighted by atomic mass is 32.1. The molecule has 0 spiro atoms. The van der Waals surface area contributed by atoms with Gasteiger partial charge in [-0.15, -0.1) is 0 Å². The molecule has 1 heterocycles. The van der Waals surface area contributed by atoms with Gasteiger partial charge in [0.25, 0.3) is 5.56 Å². The molecule has 146 valence electrons. The summed E-state index contributed by atoms with van der Waals surface area (Å²) < 4.78 is 0. The number of aliphatic hydroxyl groups excluding tert-OH is 1. The lowest BCUT2D eigenvalue weighted by Crippen LogP contribution is -2.42.